The van der Waals surface area contributed by atoms with E-state index < -0.39 is 0 Å². The predicted octanol–water partition coefficient (Wildman–Crippen LogP) is 9.52. The standard InChI is InChI=1S/C27H50O.CH4/c1-7-9-10-11-12-13-21-28-27-25(6)24(5)18-20-26(27)19-17-23(4)16-14-15-22(3)8-2;/h18,20,22-23,25,27H,7-17,19,21H2,1-6H3;1H4. The Morgan fingerprint density at radius 2 is 1.52 bits per heavy atom. The average molecular weight is 407 g/mol. The van der Waals surface area contributed by atoms with Crippen molar-refractivity contribution in [2.45, 2.75) is 132 Å². The van der Waals surface area contributed by atoms with Crippen LogP contribution in [0, 0.1) is 17.8 Å². The number of allylic oxidation sites excluding steroid dienone is 2. The molecule has 0 fully saturated rings. The highest BCUT2D eigenvalue weighted by molar-refractivity contribution is 5.29. The Labute approximate surface area is 184 Å². The van der Waals surface area contributed by atoms with Crippen molar-refractivity contribution in [3.05, 3.63) is 23.3 Å². The van der Waals surface area contributed by atoms with E-state index in [-0.39, 0.29) is 7.43 Å². The molecule has 0 aromatic rings. The fourth-order valence-electron chi connectivity index (χ4n) is 4.19. The molecule has 4 unspecified atom stereocenters. The van der Waals surface area contributed by atoms with Crippen LogP contribution in [0.5, 0.6) is 0 Å². The number of hydrogen-bond acceptors (Lipinski definition) is 1. The highest BCUT2D eigenvalue weighted by Crippen LogP contribution is 2.32. The van der Waals surface area contributed by atoms with E-state index in [0.29, 0.717) is 12.0 Å². The van der Waals surface area contributed by atoms with Crippen molar-refractivity contribution in [1.82, 2.24) is 0 Å². The van der Waals surface area contributed by atoms with Gasteiger partial charge in [-0.15, -0.1) is 0 Å². The smallest absolute Gasteiger partial charge is 0.0850 e. The molecule has 4 atom stereocenters. The van der Waals surface area contributed by atoms with Crippen LogP contribution in [-0.4, -0.2) is 12.7 Å². The molecular weight excluding hydrogens is 352 g/mol. The van der Waals surface area contributed by atoms with Crippen LogP contribution in [0.15, 0.2) is 23.3 Å². The first-order valence-corrected chi connectivity index (χ1v) is 12.5. The van der Waals surface area contributed by atoms with E-state index in [1.54, 1.807) is 0 Å². The molecule has 0 heterocycles. The minimum absolute atomic E-state index is 0. The zero-order valence-corrected chi connectivity index (χ0v) is 20.1. The second-order valence-electron chi connectivity index (χ2n) is 9.59. The van der Waals surface area contributed by atoms with E-state index in [0.717, 1.165) is 18.4 Å². The number of hydrogen-bond donors (Lipinski definition) is 0. The van der Waals surface area contributed by atoms with Gasteiger partial charge < -0.3 is 4.74 Å². The molecule has 0 amide bonds. The van der Waals surface area contributed by atoms with Gasteiger partial charge in [-0.1, -0.05) is 118 Å². The molecule has 1 aliphatic carbocycles. The molecule has 0 spiro atoms. The van der Waals surface area contributed by atoms with Gasteiger partial charge in [0.2, 0.25) is 0 Å². The van der Waals surface area contributed by atoms with Gasteiger partial charge in [0.15, 0.2) is 0 Å². The number of rotatable bonds is 16. The topological polar surface area (TPSA) is 9.23 Å². The summed E-state index contributed by atoms with van der Waals surface area (Å²) in [5.74, 6) is 2.24. The predicted molar refractivity (Wildman–Crippen MR) is 133 cm³/mol. The monoisotopic (exact) mass is 406 g/mol. The summed E-state index contributed by atoms with van der Waals surface area (Å²) in [5.41, 5.74) is 3.01. The first kappa shape index (κ1) is 28.4. The second-order valence-corrected chi connectivity index (χ2v) is 9.59. The Hall–Kier alpha value is -0.560. The lowest BCUT2D eigenvalue weighted by molar-refractivity contribution is 0.0453. The quantitative estimate of drug-likeness (QED) is 0.232. The van der Waals surface area contributed by atoms with Crippen LogP contribution in [0.4, 0.5) is 0 Å². The Morgan fingerprint density at radius 1 is 0.862 bits per heavy atom. The maximum absolute atomic E-state index is 6.44. The van der Waals surface area contributed by atoms with E-state index in [4.69, 9.17) is 4.74 Å². The summed E-state index contributed by atoms with van der Waals surface area (Å²) in [6.07, 6.45) is 21.0. The summed E-state index contributed by atoms with van der Waals surface area (Å²) in [6.45, 7) is 15.0. The minimum Gasteiger partial charge on any atom is -0.373 e. The van der Waals surface area contributed by atoms with Crippen LogP contribution in [0.2, 0.25) is 0 Å². The molecule has 0 radical (unpaired) electrons. The van der Waals surface area contributed by atoms with E-state index in [1.807, 2.05) is 0 Å². The summed E-state index contributed by atoms with van der Waals surface area (Å²) in [5, 5.41) is 0. The summed E-state index contributed by atoms with van der Waals surface area (Å²) >= 11 is 0. The largest absolute Gasteiger partial charge is 0.373 e. The zero-order valence-electron chi connectivity index (χ0n) is 20.1. The molecule has 0 aromatic carbocycles. The number of ether oxygens (including phenoxy) is 1. The van der Waals surface area contributed by atoms with Crippen molar-refractivity contribution < 1.29 is 4.74 Å². The third-order valence-electron chi connectivity index (χ3n) is 6.91. The lowest BCUT2D eigenvalue weighted by Crippen LogP contribution is -2.28. The molecule has 0 aromatic heterocycles. The van der Waals surface area contributed by atoms with Crippen molar-refractivity contribution >= 4 is 0 Å². The summed E-state index contributed by atoms with van der Waals surface area (Å²) < 4.78 is 6.44. The van der Waals surface area contributed by atoms with Crippen LogP contribution in [0.3, 0.4) is 0 Å². The molecule has 0 N–H and O–H groups in total. The van der Waals surface area contributed by atoms with E-state index in [1.165, 1.54) is 88.2 Å². The highest BCUT2D eigenvalue weighted by atomic mass is 16.5. The van der Waals surface area contributed by atoms with Crippen molar-refractivity contribution in [3.63, 3.8) is 0 Å². The molecule has 0 aliphatic heterocycles. The van der Waals surface area contributed by atoms with Crippen molar-refractivity contribution in [1.29, 1.82) is 0 Å². The van der Waals surface area contributed by atoms with Crippen molar-refractivity contribution in [2.24, 2.45) is 17.8 Å². The van der Waals surface area contributed by atoms with Crippen LogP contribution < -0.4 is 0 Å². The molecule has 1 nitrogen and oxygen atoms in total. The highest BCUT2D eigenvalue weighted by Gasteiger charge is 2.26. The fourth-order valence-corrected chi connectivity index (χ4v) is 4.19. The van der Waals surface area contributed by atoms with Crippen LogP contribution in [0.1, 0.15) is 126 Å². The van der Waals surface area contributed by atoms with E-state index in [9.17, 15) is 0 Å². The minimum atomic E-state index is 0. The SMILES string of the molecule is C.CCCCCCCCOC1C(CCC(C)CCCC(C)CC)=CC=C(C)C1C. The van der Waals surface area contributed by atoms with E-state index >= 15 is 0 Å². The molecule has 29 heavy (non-hydrogen) atoms. The third kappa shape index (κ3) is 12.0. The maximum atomic E-state index is 6.44. The first-order valence-electron chi connectivity index (χ1n) is 12.5. The third-order valence-corrected chi connectivity index (χ3v) is 6.91. The van der Waals surface area contributed by atoms with Gasteiger partial charge in [-0.05, 0) is 43.6 Å². The molecule has 1 heteroatoms. The molecule has 1 aliphatic rings. The fraction of sp³-hybridized carbons (Fsp3) is 0.857. The van der Waals surface area contributed by atoms with Gasteiger partial charge in [-0.25, -0.2) is 0 Å². The first-order chi connectivity index (χ1) is 13.5. The number of unbranched alkanes of at least 4 members (excludes halogenated alkanes) is 5. The van der Waals surface area contributed by atoms with Crippen molar-refractivity contribution in [2.75, 3.05) is 6.61 Å². The average Bonchev–Trinajstić information content (AvgIpc) is 2.69. The van der Waals surface area contributed by atoms with Crippen molar-refractivity contribution in [3.8, 4) is 0 Å². The van der Waals surface area contributed by atoms with Gasteiger partial charge in [0, 0.05) is 12.5 Å². The zero-order chi connectivity index (χ0) is 20.8. The van der Waals surface area contributed by atoms with Gasteiger partial charge in [0.05, 0.1) is 6.10 Å². The maximum Gasteiger partial charge on any atom is 0.0850 e. The molecular formula is C28H54O. The summed E-state index contributed by atoms with van der Waals surface area (Å²) in [7, 11) is 0. The van der Waals surface area contributed by atoms with Gasteiger partial charge in [-0.2, -0.15) is 0 Å². The van der Waals surface area contributed by atoms with Gasteiger partial charge in [0.1, 0.15) is 0 Å². The Morgan fingerprint density at radius 3 is 2.21 bits per heavy atom. The lowest BCUT2D eigenvalue weighted by atomic mass is 9.83. The molecule has 0 saturated carbocycles. The van der Waals surface area contributed by atoms with Gasteiger partial charge in [0.25, 0.3) is 0 Å². The Bertz CT molecular complexity index is 447. The molecule has 0 saturated heterocycles. The van der Waals surface area contributed by atoms with Crippen LogP contribution >= 0.6 is 0 Å². The second kappa shape index (κ2) is 17.2. The normalized spacial score (nSPS) is 21.2. The van der Waals surface area contributed by atoms with Gasteiger partial charge in [-0.3, -0.25) is 0 Å². The summed E-state index contributed by atoms with van der Waals surface area (Å²) in [4.78, 5) is 0. The summed E-state index contributed by atoms with van der Waals surface area (Å²) in [6, 6.07) is 0. The van der Waals surface area contributed by atoms with E-state index in [2.05, 4.69) is 53.7 Å². The Kier molecular flexibility index (Phi) is 16.8. The molecule has 0 bridgehead atoms. The molecule has 172 valence electrons. The molecule has 1 rings (SSSR count). The van der Waals surface area contributed by atoms with Crippen LogP contribution in [0.25, 0.3) is 0 Å². The van der Waals surface area contributed by atoms with Gasteiger partial charge >= 0.3 is 0 Å². The Balaban J connectivity index is 0.00000784. The van der Waals surface area contributed by atoms with Crippen LogP contribution in [-0.2, 0) is 4.74 Å². The lowest BCUT2D eigenvalue weighted by Gasteiger charge is -2.31.